The normalized spacial score (nSPS) is 14.8. The van der Waals surface area contributed by atoms with Crippen LogP contribution in [0.5, 0.6) is 5.88 Å². The molecule has 0 spiro atoms. The lowest BCUT2D eigenvalue weighted by molar-refractivity contribution is 0.236. The third-order valence-electron chi connectivity index (χ3n) is 6.05. The number of benzene rings is 1. The second kappa shape index (κ2) is 9.54. The van der Waals surface area contributed by atoms with Crippen molar-refractivity contribution in [3.05, 3.63) is 70.9 Å². The van der Waals surface area contributed by atoms with Crippen molar-refractivity contribution >= 4 is 27.6 Å². The van der Waals surface area contributed by atoms with Gasteiger partial charge in [0.25, 0.3) is 0 Å². The maximum atomic E-state index is 13.5. The van der Waals surface area contributed by atoms with Gasteiger partial charge in [-0.25, -0.2) is 9.37 Å². The molecule has 0 unspecified atom stereocenters. The molecule has 1 aliphatic rings. The molecule has 1 aromatic carbocycles. The Morgan fingerprint density at radius 3 is 2.70 bits per heavy atom. The number of fused-ring (bicyclic) bond motifs is 2. The molecule has 3 aromatic heterocycles. The molecule has 33 heavy (non-hydrogen) atoms. The van der Waals surface area contributed by atoms with Gasteiger partial charge in [-0.1, -0.05) is 0 Å². The van der Waals surface area contributed by atoms with Crippen LogP contribution in [-0.2, 0) is 0 Å². The van der Waals surface area contributed by atoms with Crippen molar-refractivity contribution in [3.63, 3.8) is 0 Å². The maximum absolute atomic E-state index is 13.5. The number of rotatable bonds is 7. The van der Waals surface area contributed by atoms with E-state index in [1.807, 2.05) is 24.3 Å². The number of piperazine rings is 1. The van der Waals surface area contributed by atoms with Crippen molar-refractivity contribution in [2.45, 2.75) is 12.8 Å². The summed E-state index contributed by atoms with van der Waals surface area (Å²) in [7, 11) is 0. The highest BCUT2D eigenvalue weighted by molar-refractivity contribution is 5.92. The maximum Gasteiger partial charge on any atom is 0.249 e. The molecule has 0 amide bonds. The molecule has 1 fully saturated rings. The molecular formula is C25H26FN5O2. The fourth-order valence-corrected chi connectivity index (χ4v) is 4.27. The van der Waals surface area contributed by atoms with Crippen molar-refractivity contribution in [1.82, 2.24) is 19.9 Å². The second-order valence-corrected chi connectivity index (χ2v) is 8.29. The van der Waals surface area contributed by atoms with Crippen molar-refractivity contribution in [3.8, 4) is 5.88 Å². The molecule has 4 heterocycles. The lowest BCUT2D eigenvalue weighted by Gasteiger charge is -2.35. The molecular weight excluding hydrogens is 421 g/mol. The van der Waals surface area contributed by atoms with E-state index in [1.54, 1.807) is 18.3 Å². The predicted molar refractivity (Wildman–Crippen MR) is 127 cm³/mol. The van der Waals surface area contributed by atoms with Crippen molar-refractivity contribution in [2.75, 3.05) is 44.2 Å². The van der Waals surface area contributed by atoms with Crippen LogP contribution in [0.3, 0.4) is 0 Å². The summed E-state index contributed by atoms with van der Waals surface area (Å²) in [4.78, 5) is 27.9. The zero-order valence-electron chi connectivity index (χ0n) is 18.3. The number of aromatic nitrogens is 3. The van der Waals surface area contributed by atoms with Crippen molar-refractivity contribution in [1.29, 1.82) is 0 Å². The number of ether oxygens (including phenoxy) is 1. The van der Waals surface area contributed by atoms with E-state index in [2.05, 4.69) is 24.8 Å². The molecule has 0 bridgehead atoms. The number of nitrogens with zero attached hydrogens (tertiary/aromatic N) is 4. The lowest BCUT2D eigenvalue weighted by atomic mass is 10.1. The van der Waals surface area contributed by atoms with Gasteiger partial charge in [0.15, 0.2) is 0 Å². The fourth-order valence-electron chi connectivity index (χ4n) is 4.27. The molecule has 0 radical (unpaired) electrons. The summed E-state index contributed by atoms with van der Waals surface area (Å²) in [6, 6.07) is 13.7. The van der Waals surface area contributed by atoms with Crippen LogP contribution in [0.4, 0.5) is 10.2 Å². The van der Waals surface area contributed by atoms with E-state index in [1.165, 1.54) is 12.1 Å². The van der Waals surface area contributed by atoms with Gasteiger partial charge in [0.05, 0.1) is 6.61 Å². The number of unbranched alkanes of at least 4 members (excludes halogenated alkanes) is 1. The summed E-state index contributed by atoms with van der Waals surface area (Å²) < 4.78 is 19.3. The minimum atomic E-state index is -0.222. The van der Waals surface area contributed by atoms with Crippen LogP contribution in [0.25, 0.3) is 21.8 Å². The quantitative estimate of drug-likeness (QED) is 0.437. The topological polar surface area (TPSA) is 74.3 Å². The second-order valence-electron chi connectivity index (χ2n) is 8.29. The number of anilines is 1. The Morgan fingerprint density at radius 2 is 1.82 bits per heavy atom. The summed E-state index contributed by atoms with van der Waals surface area (Å²) in [5.74, 6) is 1.24. The Kier molecular flexibility index (Phi) is 6.17. The third-order valence-corrected chi connectivity index (χ3v) is 6.05. The van der Waals surface area contributed by atoms with Gasteiger partial charge in [0.2, 0.25) is 11.4 Å². The zero-order valence-corrected chi connectivity index (χ0v) is 18.3. The number of hydrogen-bond acceptors (Lipinski definition) is 6. The van der Waals surface area contributed by atoms with Gasteiger partial charge in [-0.15, -0.1) is 0 Å². The van der Waals surface area contributed by atoms with Crippen LogP contribution in [0, 0.1) is 5.82 Å². The molecule has 4 aromatic rings. The first kappa shape index (κ1) is 21.3. The largest absolute Gasteiger partial charge is 0.478 e. The Hall–Kier alpha value is -3.52. The fraction of sp³-hybridized carbons (Fsp3) is 0.320. The summed E-state index contributed by atoms with van der Waals surface area (Å²) in [6.45, 7) is 5.35. The van der Waals surface area contributed by atoms with Gasteiger partial charge < -0.3 is 14.6 Å². The first-order chi connectivity index (χ1) is 16.2. The Bertz CT molecular complexity index is 1320. The summed E-state index contributed by atoms with van der Waals surface area (Å²) >= 11 is 0. The van der Waals surface area contributed by atoms with Gasteiger partial charge in [-0.05, 0) is 61.2 Å². The first-order valence-electron chi connectivity index (χ1n) is 11.3. The van der Waals surface area contributed by atoms with Gasteiger partial charge in [0.1, 0.15) is 17.3 Å². The van der Waals surface area contributed by atoms with Gasteiger partial charge in [-0.3, -0.25) is 9.69 Å². The molecule has 0 saturated carbocycles. The monoisotopic (exact) mass is 447 g/mol. The van der Waals surface area contributed by atoms with Crippen LogP contribution in [0.2, 0.25) is 0 Å². The summed E-state index contributed by atoms with van der Waals surface area (Å²) in [5.41, 5.74) is 0.376. The smallest absolute Gasteiger partial charge is 0.249 e. The lowest BCUT2D eigenvalue weighted by Crippen LogP contribution is -2.47. The molecule has 0 aliphatic carbocycles. The summed E-state index contributed by atoms with van der Waals surface area (Å²) in [6.07, 6.45) is 3.73. The molecule has 0 atom stereocenters. The van der Waals surface area contributed by atoms with Gasteiger partial charge in [-0.2, -0.15) is 4.98 Å². The third kappa shape index (κ3) is 4.96. The van der Waals surface area contributed by atoms with Crippen LogP contribution < -0.4 is 15.2 Å². The van der Waals surface area contributed by atoms with Crippen LogP contribution in [0.1, 0.15) is 12.8 Å². The van der Waals surface area contributed by atoms with Crippen molar-refractivity contribution < 1.29 is 9.13 Å². The minimum absolute atomic E-state index is 0.169. The summed E-state index contributed by atoms with van der Waals surface area (Å²) in [5, 5.41) is 2.76. The molecule has 1 saturated heterocycles. The molecule has 5 rings (SSSR count). The molecule has 1 aliphatic heterocycles. The number of aromatic amines is 1. The number of H-pyrrole nitrogens is 1. The number of hydrogen-bond donors (Lipinski definition) is 1. The van der Waals surface area contributed by atoms with Crippen LogP contribution >= 0.6 is 0 Å². The number of nitrogens with one attached hydrogen (secondary N) is 1. The Labute approximate surface area is 190 Å². The first-order valence-corrected chi connectivity index (χ1v) is 11.3. The highest BCUT2D eigenvalue weighted by Crippen LogP contribution is 2.26. The van der Waals surface area contributed by atoms with E-state index in [0.29, 0.717) is 18.1 Å². The highest BCUT2D eigenvalue weighted by atomic mass is 19.1. The van der Waals surface area contributed by atoms with E-state index >= 15 is 0 Å². The Morgan fingerprint density at radius 1 is 0.970 bits per heavy atom. The van der Waals surface area contributed by atoms with E-state index in [0.717, 1.165) is 67.5 Å². The minimum Gasteiger partial charge on any atom is -0.478 e. The van der Waals surface area contributed by atoms with Gasteiger partial charge >= 0.3 is 0 Å². The standard InChI is InChI=1S/C25H26FN5O2/c26-20-5-6-21-19(17-20)9-10-27-25(21)31-14-12-30(13-15-31)11-1-2-16-33-23-8-4-18-3-7-22(32)28-24(18)29-23/h3-10,17H,1-2,11-16H2,(H,28,29,32). The number of pyridine rings is 3. The molecule has 7 nitrogen and oxygen atoms in total. The van der Waals surface area contributed by atoms with E-state index < -0.39 is 0 Å². The molecule has 170 valence electrons. The number of halogens is 1. The average Bonchev–Trinajstić information content (AvgIpc) is 2.83. The van der Waals surface area contributed by atoms with Crippen LogP contribution in [0.15, 0.2) is 59.5 Å². The van der Waals surface area contributed by atoms with Gasteiger partial charge in [0, 0.05) is 55.3 Å². The zero-order chi connectivity index (χ0) is 22.6. The predicted octanol–water partition coefficient (Wildman–Crippen LogP) is 3.59. The highest BCUT2D eigenvalue weighted by Gasteiger charge is 2.19. The SMILES string of the molecule is O=c1ccc2ccc(OCCCCN3CCN(c4nccc5cc(F)ccc45)CC3)nc2[nH]1. The van der Waals surface area contributed by atoms with Crippen molar-refractivity contribution in [2.24, 2.45) is 0 Å². The Balaban J connectivity index is 1.07. The van der Waals surface area contributed by atoms with E-state index in [4.69, 9.17) is 4.74 Å². The van der Waals surface area contributed by atoms with E-state index in [-0.39, 0.29) is 11.4 Å². The average molecular weight is 448 g/mol. The molecule has 1 N–H and O–H groups in total. The molecule has 8 heteroatoms. The van der Waals surface area contributed by atoms with E-state index in [9.17, 15) is 9.18 Å². The van der Waals surface area contributed by atoms with Crippen LogP contribution in [-0.4, -0.2) is 59.2 Å².